The van der Waals surface area contributed by atoms with Crippen molar-refractivity contribution >= 4 is 22.7 Å². The molecule has 2 rings (SSSR count). The van der Waals surface area contributed by atoms with Gasteiger partial charge in [-0.05, 0) is 18.6 Å². The van der Waals surface area contributed by atoms with Crippen LogP contribution in [0, 0.1) is 5.41 Å². The molecule has 0 saturated carbocycles. The molecule has 2 N–H and O–H groups in total. The maximum absolute atomic E-state index is 12.2. The van der Waals surface area contributed by atoms with E-state index >= 15 is 0 Å². The SMILES string of the molecule is CC(C)(C)C(=O)NCCCC(=O)Nn1cnc2ccccc2c1=O. The number of nitrogens with one attached hydrogen (secondary N) is 2. The molecule has 1 aromatic carbocycles. The fourth-order valence-corrected chi connectivity index (χ4v) is 2.06. The molecule has 0 radical (unpaired) electrons. The fraction of sp³-hybridized carbons (Fsp3) is 0.412. The molecule has 0 spiro atoms. The molecule has 0 aliphatic carbocycles. The van der Waals surface area contributed by atoms with Crippen LogP contribution in [0.2, 0.25) is 0 Å². The van der Waals surface area contributed by atoms with E-state index in [1.54, 1.807) is 24.3 Å². The number of benzene rings is 1. The van der Waals surface area contributed by atoms with E-state index in [9.17, 15) is 14.4 Å². The minimum Gasteiger partial charge on any atom is -0.356 e. The number of nitrogens with zero attached hydrogens (tertiary/aromatic N) is 2. The van der Waals surface area contributed by atoms with Crippen LogP contribution in [0.4, 0.5) is 0 Å². The van der Waals surface area contributed by atoms with Gasteiger partial charge in [-0.1, -0.05) is 32.9 Å². The van der Waals surface area contributed by atoms with Gasteiger partial charge in [0.15, 0.2) is 0 Å². The predicted molar refractivity (Wildman–Crippen MR) is 92.1 cm³/mol. The molecule has 0 unspecified atom stereocenters. The van der Waals surface area contributed by atoms with Crippen molar-refractivity contribution in [1.82, 2.24) is 15.0 Å². The van der Waals surface area contributed by atoms with E-state index in [1.165, 1.54) is 6.33 Å². The van der Waals surface area contributed by atoms with Gasteiger partial charge in [0.05, 0.1) is 10.9 Å². The quantitative estimate of drug-likeness (QED) is 0.811. The van der Waals surface area contributed by atoms with Gasteiger partial charge in [0.25, 0.3) is 5.56 Å². The van der Waals surface area contributed by atoms with Crippen molar-refractivity contribution in [3.63, 3.8) is 0 Å². The summed E-state index contributed by atoms with van der Waals surface area (Å²) in [6.45, 7) is 5.89. The summed E-state index contributed by atoms with van der Waals surface area (Å²) in [6, 6.07) is 6.94. The average Bonchev–Trinajstić information content (AvgIpc) is 2.53. The van der Waals surface area contributed by atoms with Crippen molar-refractivity contribution < 1.29 is 9.59 Å². The van der Waals surface area contributed by atoms with Crippen LogP contribution in [0.1, 0.15) is 33.6 Å². The van der Waals surface area contributed by atoms with Gasteiger partial charge < -0.3 is 5.32 Å². The van der Waals surface area contributed by atoms with E-state index in [0.717, 1.165) is 4.68 Å². The largest absolute Gasteiger partial charge is 0.356 e. The predicted octanol–water partition coefficient (Wildman–Crippen LogP) is 1.41. The molecule has 7 nitrogen and oxygen atoms in total. The Balaban J connectivity index is 1.88. The molecule has 0 atom stereocenters. The molecule has 0 aliphatic rings. The molecule has 128 valence electrons. The first-order valence-corrected chi connectivity index (χ1v) is 7.83. The van der Waals surface area contributed by atoms with Crippen molar-refractivity contribution in [3.05, 3.63) is 40.9 Å². The Bertz CT molecular complexity index is 805. The Morgan fingerprint density at radius 2 is 1.92 bits per heavy atom. The lowest BCUT2D eigenvalue weighted by molar-refractivity contribution is -0.128. The first kappa shape index (κ1) is 17.7. The topological polar surface area (TPSA) is 93.1 Å². The van der Waals surface area contributed by atoms with Crippen molar-refractivity contribution in [2.45, 2.75) is 33.6 Å². The van der Waals surface area contributed by atoms with Gasteiger partial charge in [-0.15, -0.1) is 0 Å². The summed E-state index contributed by atoms with van der Waals surface area (Å²) in [5.41, 5.74) is 2.32. The Hall–Kier alpha value is -2.70. The number of hydrogen-bond acceptors (Lipinski definition) is 4. The van der Waals surface area contributed by atoms with Crippen molar-refractivity contribution in [1.29, 1.82) is 0 Å². The Kier molecular flexibility index (Phi) is 5.33. The van der Waals surface area contributed by atoms with Gasteiger partial charge in [0.1, 0.15) is 6.33 Å². The van der Waals surface area contributed by atoms with E-state index in [2.05, 4.69) is 15.7 Å². The van der Waals surface area contributed by atoms with E-state index < -0.39 is 5.41 Å². The van der Waals surface area contributed by atoms with Crippen LogP contribution in [0.25, 0.3) is 10.9 Å². The van der Waals surface area contributed by atoms with Gasteiger partial charge in [0.2, 0.25) is 11.8 Å². The highest BCUT2D eigenvalue weighted by atomic mass is 16.2. The lowest BCUT2D eigenvalue weighted by Gasteiger charge is -2.17. The number of fused-ring (bicyclic) bond motifs is 1. The third-order valence-electron chi connectivity index (χ3n) is 3.46. The molecule has 0 fully saturated rings. The zero-order valence-electron chi connectivity index (χ0n) is 14.1. The van der Waals surface area contributed by atoms with Gasteiger partial charge in [-0.25, -0.2) is 9.66 Å². The van der Waals surface area contributed by atoms with E-state index in [1.807, 2.05) is 20.8 Å². The minimum atomic E-state index is -0.452. The second-order valence-electron chi connectivity index (χ2n) is 6.58. The third-order valence-corrected chi connectivity index (χ3v) is 3.46. The highest BCUT2D eigenvalue weighted by Gasteiger charge is 2.20. The van der Waals surface area contributed by atoms with Crippen LogP contribution in [-0.2, 0) is 9.59 Å². The molecule has 0 saturated heterocycles. The average molecular weight is 330 g/mol. The van der Waals surface area contributed by atoms with E-state index in [4.69, 9.17) is 0 Å². The van der Waals surface area contributed by atoms with Gasteiger partial charge in [-0.3, -0.25) is 19.8 Å². The summed E-state index contributed by atoms with van der Waals surface area (Å²) in [6.07, 6.45) is 1.98. The smallest absolute Gasteiger partial charge is 0.280 e. The van der Waals surface area contributed by atoms with Crippen LogP contribution in [-0.4, -0.2) is 28.0 Å². The van der Waals surface area contributed by atoms with E-state index in [-0.39, 0.29) is 23.8 Å². The molecule has 1 aromatic heterocycles. The van der Waals surface area contributed by atoms with Crippen LogP contribution < -0.4 is 16.3 Å². The molecular weight excluding hydrogens is 308 g/mol. The Morgan fingerprint density at radius 3 is 2.62 bits per heavy atom. The number of aromatic nitrogens is 2. The van der Waals surface area contributed by atoms with Gasteiger partial charge in [0, 0.05) is 18.4 Å². The lowest BCUT2D eigenvalue weighted by Crippen LogP contribution is -2.36. The second-order valence-corrected chi connectivity index (χ2v) is 6.58. The molecule has 0 aliphatic heterocycles. The number of amides is 2. The molecule has 2 amide bonds. The summed E-state index contributed by atoms with van der Waals surface area (Å²) in [5.74, 6) is -0.364. The summed E-state index contributed by atoms with van der Waals surface area (Å²) in [5, 5.41) is 3.22. The zero-order valence-corrected chi connectivity index (χ0v) is 14.1. The number of rotatable bonds is 5. The molecule has 7 heteroatoms. The summed E-state index contributed by atoms with van der Waals surface area (Å²) < 4.78 is 1.08. The van der Waals surface area contributed by atoms with E-state index in [0.29, 0.717) is 23.9 Å². The summed E-state index contributed by atoms with van der Waals surface area (Å²) >= 11 is 0. The Morgan fingerprint density at radius 1 is 1.21 bits per heavy atom. The van der Waals surface area contributed by atoms with Crippen LogP contribution >= 0.6 is 0 Å². The normalized spacial score (nSPS) is 11.3. The van der Waals surface area contributed by atoms with Crippen molar-refractivity contribution in [3.8, 4) is 0 Å². The standard InChI is InChI=1S/C17H22N4O3/c1-17(2,3)16(24)18-10-6-9-14(22)20-21-11-19-13-8-5-4-7-12(13)15(21)23/h4-5,7-8,11H,6,9-10H2,1-3H3,(H,18,24)(H,20,22). The molecule has 24 heavy (non-hydrogen) atoms. The third kappa shape index (κ3) is 4.41. The molecule has 0 bridgehead atoms. The lowest BCUT2D eigenvalue weighted by atomic mass is 9.96. The number of para-hydroxylation sites is 1. The molecule has 2 aromatic rings. The maximum Gasteiger partial charge on any atom is 0.280 e. The highest BCUT2D eigenvalue weighted by molar-refractivity contribution is 5.84. The van der Waals surface area contributed by atoms with Crippen molar-refractivity contribution in [2.75, 3.05) is 12.0 Å². The second kappa shape index (κ2) is 7.25. The molecular formula is C17H22N4O3. The van der Waals surface area contributed by atoms with Crippen LogP contribution in [0.15, 0.2) is 35.4 Å². The first-order valence-electron chi connectivity index (χ1n) is 7.83. The zero-order chi connectivity index (χ0) is 17.7. The van der Waals surface area contributed by atoms with Gasteiger partial charge in [-0.2, -0.15) is 0 Å². The highest BCUT2D eigenvalue weighted by Crippen LogP contribution is 2.12. The Labute approximate surface area is 140 Å². The van der Waals surface area contributed by atoms with Crippen LogP contribution in [0.5, 0.6) is 0 Å². The number of carbonyl (C=O) groups excluding carboxylic acids is 2. The fourth-order valence-electron chi connectivity index (χ4n) is 2.06. The number of hydrogen-bond donors (Lipinski definition) is 2. The minimum absolute atomic E-state index is 0.0575. The first-order chi connectivity index (χ1) is 11.3. The van der Waals surface area contributed by atoms with Crippen molar-refractivity contribution in [2.24, 2.45) is 5.41 Å². The van der Waals surface area contributed by atoms with Gasteiger partial charge >= 0.3 is 0 Å². The summed E-state index contributed by atoms with van der Waals surface area (Å²) in [7, 11) is 0. The number of carbonyl (C=O) groups is 2. The maximum atomic E-state index is 12.2. The monoisotopic (exact) mass is 330 g/mol. The van der Waals surface area contributed by atoms with Crippen LogP contribution in [0.3, 0.4) is 0 Å². The molecule has 1 heterocycles. The summed E-state index contributed by atoms with van der Waals surface area (Å²) in [4.78, 5) is 40.0.